The van der Waals surface area contributed by atoms with Crippen molar-refractivity contribution in [1.29, 1.82) is 0 Å². The summed E-state index contributed by atoms with van der Waals surface area (Å²) in [6, 6.07) is 10.8. The van der Waals surface area contributed by atoms with Gasteiger partial charge in [-0.25, -0.2) is 4.68 Å². The van der Waals surface area contributed by atoms with Crippen LogP contribution in [0.2, 0.25) is 0 Å². The highest BCUT2D eigenvalue weighted by atomic mass is 16.5. The van der Waals surface area contributed by atoms with Crippen molar-refractivity contribution in [2.24, 2.45) is 0 Å². The summed E-state index contributed by atoms with van der Waals surface area (Å²) in [5.74, 6) is 1.48. The molecule has 0 bridgehead atoms. The van der Waals surface area contributed by atoms with E-state index >= 15 is 0 Å². The Labute approximate surface area is 144 Å². The molecule has 1 fully saturated rings. The van der Waals surface area contributed by atoms with Gasteiger partial charge in [-0.1, -0.05) is 6.07 Å². The monoisotopic (exact) mass is 339 g/mol. The highest BCUT2D eigenvalue weighted by Crippen LogP contribution is 2.27. The molecule has 1 amide bonds. The number of carbonyl (C=O) groups excluding carboxylic acids is 1. The maximum absolute atomic E-state index is 13.1. The van der Waals surface area contributed by atoms with Gasteiger partial charge in [-0.15, -0.1) is 5.10 Å². The fraction of sp³-hybridized carbons (Fsp3) is 0.294. The van der Waals surface area contributed by atoms with Crippen LogP contribution < -0.4 is 0 Å². The van der Waals surface area contributed by atoms with Crippen molar-refractivity contribution in [3.63, 3.8) is 0 Å². The molecule has 4 rings (SSSR count). The van der Waals surface area contributed by atoms with Crippen molar-refractivity contribution >= 4 is 5.91 Å². The Morgan fingerprint density at radius 1 is 1.28 bits per heavy atom. The number of hydrogen-bond acceptors (Lipinski definition) is 6. The SMILES string of the molecule is Cc1ccc([C@H]2COCCN2C(=O)c2cccc(-n3cnnn3)c2)o1. The summed E-state index contributed by atoms with van der Waals surface area (Å²) in [4.78, 5) is 14.9. The summed E-state index contributed by atoms with van der Waals surface area (Å²) in [5.41, 5.74) is 1.30. The van der Waals surface area contributed by atoms with Gasteiger partial charge in [0.2, 0.25) is 0 Å². The van der Waals surface area contributed by atoms with E-state index in [2.05, 4.69) is 15.5 Å². The molecular formula is C17H17N5O3. The lowest BCUT2D eigenvalue weighted by atomic mass is 10.1. The van der Waals surface area contributed by atoms with Crippen LogP contribution in [0.1, 0.15) is 27.9 Å². The van der Waals surface area contributed by atoms with Crippen LogP contribution in [-0.2, 0) is 4.74 Å². The molecule has 8 heteroatoms. The first-order valence-corrected chi connectivity index (χ1v) is 8.01. The third kappa shape index (κ3) is 3.03. The second-order valence-corrected chi connectivity index (χ2v) is 5.84. The predicted molar refractivity (Wildman–Crippen MR) is 87.2 cm³/mol. The molecule has 3 aromatic rings. The Balaban J connectivity index is 1.63. The summed E-state index contributed by atoms with van der Waals surface area (Å²) < 4.78 is 12.8. The lowest BCUT2D eigenvalue weighted by Gasteiger charge is -2.34. The smallest absolute Gasteiger partial charge is 0.254 e. The summed E-state index contributed by atoms with van der Waals surface area (Å²) in [7, 11) is 0. The fourth-order valence-electron chi connectivity index (χ4n) is 2.94. The zero-order valence-corrected chi connectivity index (χ0v) is 13.7. The number of aryl methyl sites for hydroxylation is 1. The van der Waals surface area contributed by atoms with E-state index in [-0.39, 0.29) is 11.9 Å². The summed E-state index contributed by atoms with van der Waals surface area (Å²) in [6.07, 6.45) is 1.49. The van der Waals surface area contributed by atoms with Gasteiger partial charge in [0.1, 0.15) is 23.9 Å². The Morgan fingerprint density at radius 2 is 2.20 bits per heavy atom. The van der Waals surface area contributed by atoms with Crippen molar-refractivity contribution in [2.45, 2.75) is 13.0 Å². The fourth-order valence-corrected chi connectivity index (χ4v) is 2.94. The van der Waals surface area contributed by atoms with Crippen LogP contribution in [0, 0.1) is 6.92 Å². The molecule has 3 heterocycles. The topological polar surface area (TPSA) is 86.3 Å². The van der Waals surface area contributed by atoms with Gasteiger partial charge in [-0.3, -0.25) is 4.79 Å². The zero-order valence-electron chi connectivity index (χ0n) is 13.7. The molecule has 2 aromatic heterocycles. The van der Waals surface area contributed by atoms with E-state index in [1.54, 1.807) is 17.0 Å². The standard InChI is InChI=1S/C17H17N5O3/c1-12-5-6-16(25-12)15-10-24-8-7-21(15)17(23)13-3-2-4-14(9-13)22-11-18-19-20-22/h2-6,9,11,15H,7-8,10H2,1H3/t15-/m1/s1. The van der Waals surface area contributed by atoms with Crippen LogP contribution in [0.5, 0.6) is 0 Å². The van der Waals surface area contributed by atoms with Crippen LogP contribution in [0.15, 0.2) is 47.1 Å². The Morgan fingerprint density at radius 3 is 2.96 bits per heavy atom. The highest BCUT2D eigenvalue weighted by Gasteiger charge is 2.31. The molecule has 0 aliphatic carbocycles. The first kappa shape index (κ1) is 15.5. The van der Waals surface area contributed by atoms with Gasteiger partial charge in [-0.05, 0) is 47.7 Å². The number of carbonyl (C=O) groups is 1. The normalized spacial score (nSPS) is 17.6. The molecule has 0 unspecified atom stereocenters. The van der Waals surface area contributed by atoms with Crippen molar-refractivity contribution < 1.29 is 13.9 Å². The molecule has 0 N–H and O–H groups in total. The number of benzene rings is 1. The summed E-state index contributed by atoms with van der Waals surface area (Å²) >= 11 is 0. The first-order valence-electron chi connectivity index (χ1n) is 8.01. The molecule has 1 atom stereocenters. The van der Waals surface area contributed by atoms with Crippen molar-refractivity contribution in [2.75, 3.05) is 19.8 Å². The van der Waals surface area contributed by atoms with Crippen molar-refractivity contribution in [3.8, 4) is 5.69 Å². The van der Waals surface area contributed by atoms with E-state index in [1.807, 2.05) is 31.2 Å². The Bertz CT molecular complexity index is 874. The number of rotatable bonds is 3. The van der Waals surface area contributed by atoms with E-state index in [0.717, 1.165) is 17.2 Å². The molecular weight excluding hydrogens is 322 g/mol. The molecule has 25 heavy (non-hydrogen) atoms. The highest BCUT2D eigenvalue weighted by molar-refractivity contribution is 5.95. The third-order valence-electron chi connectivity index (χ3n) is 4.19. The van der Waals surface area contributed by atoms with E-state index in [4.69, 9.17) is 9.15 Å². The second kappa shape index (κ2) is 6.48. The van der Waals surface area contributed by atoms with E-state index in [9.17, 15) is 4.79 Å². The number of ether oxygens (including phenoxy) is 1. The largest absolute Gasteiger partial charge is 0.464 e. The second-order valence-electron chi connectivity index (χ2n) is 5.84. The zero-order chi connectivity index (χ0) is 17.2. The number of amides is 1. The van der Waals surface area contributed by atoms with Gasteiger partial charge in [0.15, 0.2) is 0 Å². The Kier molecular flexibility index (Phi) is 4.02. The molecule has 1 saturated heterocycles. The molecule has 1 aromatic carbocycles. The average Bonchev–Trinajstić information content (AvgIpc) is 3.33. The minimum Gasteiger partial charge on any atom is -0.464 e. The van der Waals surface area contributed by atoms with Gasteiger partial charge in [0, 0.05) is 12.1 Å². The van der Waals surface area contributed by atoms with Crippen LogP contribution in [0.3, 0.4) is 0 Å². The third-order valence-corrected chi connectivity index (χ3v) is 4.19. The van der Waals surface area contributed by atoms with Gasteiger partial charge in [0.05, 0.1) is 18.9 Å². The summed E-state index contributed by atoms with van der Waals surface area (Å²) in [6.45, 7) is 3.33. The lowest BCUT2D eigenvalue weighted by molar-refractivity contribution is -0.00895. The number of hydrogen-bond donors (Lipinski definition) is 0. The molecule has 8 nitrogen and oxygen atoms in total. The van der Waals surface area contributed by atoms with Gasteiger partial charge in [-0.2, -0.15) is 0 Å². The van der Waals surface area contributed by atoms with Crippen LogP contribution in [0.4, 0.5) is 0 Å². The quantitative estimate of drug-likeness (QED) is 0.723. The number of tetrazole rings is 1. The van der Waals surface area contributed by atoms with Crippen molar-refractivity contribution in [3.05, 3.63) is 59.8 Å². The molecule has 128 valence electrons. The molecule has 0 radical (unpaired) electrons. The van der Waals surface area contributed by atoms with E-state index in [1.165, 1.54) is 11.0 Å². The first-order chi connectivity index (χ1) is 12.2. The van der Waals surface area contributed by atoms with Gasteiger partial charge in [0.25, 0.3) is 5.91 Å². The van der Waals surface area contributed by atoms with Gasteiger partial charge >= 0.3 is 0 Å². The maximum atomic E-state index is 13.1. The van der Waals surface area contributed by atoms with Crippen LogP contribution >= 0.6 is 0 Å². The number of nitrogens with zero attached hydrogens (tertiary/aromatic N) is 5. The molecule has 0 spiro atoms. The number of furan rings is 1. The minimum atomic E-state index is -0.230. The van der Waals surface area contributed by atoms with Crippen LogP contribution in [0.25, 0.3) is 5.69 Å². The van der Waals surface area contributed by atoms with Gasteiger partial charge < -0.3 is 14.1 Å². The van der Waals surface area contributed by atoms with E-state index < -0.39 is 0 Å². The number of morpholine rings is 1. The van der Waals surface area contributed by atoms with Crippen molar-refractivity contribution in [1.82, 2.24) is 25.1 Å². The number of aromatic nitrogens is 4. The maximum Gasteiger partial charge on any atom is 0.254 e. The lowest BCUT2D eigenvalue weighted by Crippen LogP contribution is -2.43. The average molecular weight is 339 g/mol. The minimum absolute atomic E-state index is 0.0720. The molecule has 0 saturated carbocycles. The molecule has 1 aliphatic heterocycles. The summed E-state index contributed by atoms with van der Waals surface area (Å²) in [5, 5.41) is 11.1. The Hall–Kier alpha value is -3.00. The van der Waals surface area contributed by atoms with E-state index in [0.29, 0.717) is 25.3 Å². The predicted octanol–water partition coefficient (Wildman–Crippen LogP) is 1.78. The van der Waals surface area contributed by atoms with Crippen LogP contribution in [-0.4, -0.2) is 50.8 Å². The molecule has 1 aliphatic rings.